The van der Waals surface area contributed by atoms with Crippen LogP contribution in [-0.2, 0) is 9.09 Å². The van der Waals surface area contributed by atoms with Gasteiger partial charge < -0.3 is 5.11 Å². The summed E-state index contributed by atoms with van der Waals surface area (Å²) in [6.45, 7) is 8.14. The zero-order chi connectivity index (χ0) is 16.3. The molecule has 0 spiro atoms. The number of aliphatic hydroxyl groups excluding tert-OH is 1. The number of allylic oxidation sites excluding steroid dienone is 5. The fraction of sp³-hybridized carbons (Fsp3) is 0.625. The minimum Gasteiger partial charge on any atom is -0.386 e. The second-order valence-electron chi connectivity index (χ2n) is 5.52. The van der Waals surface area contributed by atoms with Crippen LogP contribution in [0.25, 0.3) is 0 Å². The van der Waals surface area contributed by atoms with Crippen molar-refractivity contribution < 1.29 is 19.1 Å². The summed E-state index contributed by atoms with van der Waals surface area (Å²) in [6.07, 6.45) is 9.26. The van der Waals surface area contributed by atoms with Gasteiger partial charge in [0.05, 0.1) is 0 Å². The second kappa shape index (κ2) is 11.8. The average Bonchev–Trinajstić information content (AvgIpc) is 2.35. The lowest BCUT2D eigenvalue weighted by Crippen LogP contribution is -2.10. The zero-order valence-corrected chi connectivity index (χ0v) is 14.4. The van der Waals surface area contributed by atoms with Crippen molar-refractivity contribution in [3.05, 3.63) is 34.9 Å². The maximum Gasteiger partial charge on any atom is 0.694 e. The van der Waals surface area contributed by atoms with Gasteiger partial charge in [0.15, 0.2) is 0 Å². The lowest BCUT2D eigenvalue weighted by molar-refractivity contribution is 0.139. The standard InChI is InChI=1S/C16H27O4P/c1-13(2)7-5-8-14(3)9-6-10-15(4)11-16(17)12-20-21(18)19/h7,9,11,16-17H,5-6,8,10,12H2,1-4H3/p+1. The van der Waals surface area contributed by atoms with E-state index < -0.39 is 14.4 Å². The van der Waals surface area contributed by atoms with Gasteiger partial charge in [-0.2, -0.15) is 0 Å². The normalized spacial score (nSPS) is 14.9. The molecule has 0 aromatic carbocycles. The van der Waals surface area contributed by atoms with E-state index in [1.54, 1.807) is 6.08 Å². The van der Waals surface area contributed by atoms with Gasteiger partial charge in [0.1, 0.15) is 12.7 Å². The van der Waals surface area contributed by atoms with Gasteiger partial charge in [0.25, 0.3) is 0 Å². The van der Waals surface area contributed by atoms with Crippen LogP contribution in [0.5, 0.6) is 0 Å². The highest BCUT2D eigenvalue weighted by molar-refractivity contribution is 7.32. The van der Waals surface area contributed by atoms with Crippen LogP contribution in [0.1, 0.15) is 53.4 Å². The Balaban J connectivity index is 4.02. The van der Waals surface area contributed by atoms with Crippen molar-refractivity contribution in [3.63, 3.8) is 0 Å². The molecule has 0 rings (SSSR count). The number of aliphatic hydroxyl groups is 1. The van der Waals surface area contributed by atoms with Crippen molar-refractivity contribution in [2.75, 3.05) is 6.61 Å². The van der Waals surface area contributed by atoms with Gasteiger partial charge in [-0.05, 0) is 53.4 Å². The zero-order valence-electron chi connectivity index (χ0n) is 13.5. The third kappa shape index (κ3) is 13.9. The van der Waals surface area contributed by atoms with Crippen molar-refractivity contribution in [1.82, 2.24) is 0 Å². The fourth-order valence-corrected chi connectivity index (χ4v) is 2.12. The SMILES string of the molecule is CC(C)=CCCC(C)=CCCC(C)=CC(O)CO[P+](=O)O. The van der Waals surface area contributed by atoms with Gasteiger partial charge in [-0.25, -0.2) is 0 Å². The monoisotopic (exact) mass is 315 g/mol. The molecule has 0 heterocycles. The van der Waals surface area contributed by atoms with Crippen LogP contribution in [-0.4, -0.2) is 22.7 Å². The fourth-order valence-electron chi connectivity index (χ4n) is 1.84. The first-order valence-electron chi connectivity index (χ1n) is 7.24. The molecule has 0 aliphatic heterocycles. The van der Waals surface area contributed by atoms with Gasteiger partial charge in [0.2, 0.25) is 0 Å². The summed E-state index contributed by atoms with van der Waals surface area (Å²) >= 11 is 0. The van der Waals surface area contributed by atoms with E-state index in [0.717, 1.165) is 31.3 Å². The quantitative estimate of drug-likeness (QED) is 0.462. The molecule has 2 unspecified atom stereocenters. The molecule has 120 valence electrons. The minimum absolute atomic E-state index is 0.152. The molecule has 0 bridgehead atoms. The van der Waals surface area contributed by atoms with Crippen molar-refractivity contribution >= 4 is 8.25 Å². The molecular formula is C16H28O4P+. The van der Waals surface area contributed by atoms with Crippen LogP contribution in [0.3, 0.4) is 0 Å². The number of hydrogen-bond acceptors (Lipinski definition) is 3. The lowest BCUT2D eigenvalue weighted by atomic mass is 10.1. The van der Waals surface area contributed by atoms with E-state index in [2.05, 4.69) is 37.4 Å². The van der Waals surface area contributed by atoms with Gasteiger partial charge in [-0.1, -0.05) is 34.9 Å². The van der Waals surface area contributed by atoms with Gasteiger partial charge >= 0.3 is 8.25 Å². The summed E-state index contributed by atoms with van der Waals surface area (Å²) in [5, 5.41) is 9.58. The first-order chi connectivity index (χ1) is 9.81. The van der Waals surface area contributed by atoms with Crippen LogP contribution in [0.2, 0.25) is 0 Å². The van der Waals surface area contributed by atoms with E-state index in [-0.39, 0.29) is 6.61 Å². The van der Waals surface area contributed by atoms with Crippen molar-refractivity contribution in [2.45, 2.75) is 59.5 Å². The summed E-state index contributed by atoms with van der Waals surface area (Å²) in [7, 11) is -2.64. The van der Waals surface area contributed by atoms with E-state index >= 15 is 0 Å². The highest BCUT2D eigenvalue weighted by Crippen LogP contribution is 2.16. The van der Waals surface area contributed by atoms with E-state index in [1.165, 1.54) is 11.1 Å². The molecule has 21 heavy (non-hydrogen) atoms. The first-order valence-corrected chi connectivity index (χ1v) is 8.37. The smallest absolute Gasteiger partial charge is 0.386 e. The van der Waals surface area contributed by atoms with Gasteiger partial charge in [-0.15, -0.1) is 9.42 Å². The Labute approximate surface area is 129 Å². The lowest BCUT2D eigenvalue weighted by Gasteiger charge is -2.04. The average molecular weight is 315 g/mol. The Hall–Kier alpha value is -0.800. The molecule has 5 heteroatoms. The predicted octanol–water partition coefficient (Wildman–Crippen LogP) is 4.43. The number of hydrogen-bond donors (Lipinski definition) is 2. The molecular weight excluding hydrogens is 287 g/mol. The van der Waals surface area contributed by atoms with Crippen molar-refractivity contribution in [2.24, 2.45) is 0 Å². The Morgan fingerprint density at radius 2 is 1.67 bits per heavy atom. The number of rotatable bonds is 10. The molecule has 0 amide bonds. The highest BCUT2D eigenvalue weighted by Gasteiger charge is 2.14. The summed E-state index contributed by atoms with van der Waals surface area (Å²) in [5.74, 6) is 0. The summed E-state index contributed by atoms with van der Waals surface area (Å²) in [6, 6.07) is 0. The van der Waals surface area contributed by atoms with Crippen LogP contribution >= 0.6 is 8.25 Å². The molecule has 4 nitrogen and oxygen atoms in total. The van der Waals surface area contributed by atoms with Gasteiger partial charge in [-0.3, -0.25) is 0 Å². The molecule has 0 saturated carbocycles. The Morgan fingerprint density at radius 1 is 1.10 bits per heavy atom. The van der Waals surface area contributed by atoms with Crippen LogP contribution in [0.15, 0.2) is 34.9 Å². The predicted molar refractivity (Wildman–Crippen MR) is 87.2 cm³/mol. The van der Waals surface area contributed by atoms with Crippen LogP contribution in [0.4, 0.5) is 0 Å². The van der Waals surface area contributed by atoms with Crippen molar-refractivity contribution in [1.29, 1.82) is 0 Å². The molecule has 2 N–H and O–H groups in total. The van der Waals surface area contributed by atoms with E-state index in [1.807, 2.05) is 6.92 Å². The third-order valence-corrected chi connectivity index (χ3v) is 3.33. The molecule has 0 aliphatic carbocycles. The van der Waals surface area contributed by atoms with E-state index in [0.29, 0.717) is 0 Å². The maximum atomic E-state index is 10.3. The van der Waals surface area contributed by atoms with E-state index in [4.69, 9.17) is 4.89 Å². The summed E-state index contributed by atoms with van der Waals surface area (Å²) < 4.78 is 14.8. The molecule has 0 aromatic rings. The van der Waals surface area contributed by atoms with Crippen LogP contribution in [0, 0.1) is 0 Å². The molecule has 0 aromatic heterocycles. The van der Waals surface area contributed by atoms with Crippen molar-refractivity contribution in [3.8, 4) is 0 Å². The summed E-state index contributed by atoms with van der Waals surface area (Å²) in [4.78, 5) is 8.49. The molecule has 0 radical (unpaired) electrons. The third-order valence-electron chi connectivity index (χ3n) is 2.96. The largest absolute Gasteiger partial charge is 0.694 e. The molecule has 0 saturated heterocycles. The maximum absolute atomic E-state index is 10.3. The minimum atomic E-state index is -2.64. The van der Waals surface area contributed by atoms with E-state index in [9.17, 15) is 9.67 Å². The topological polar surface area (TPSA) is 66.8 Å². The first kappa shape index (κ1) is 20.2. The highest BCUT2D eigenvalue weighted by atomic mass is 31.1. The molecule has 0 aliphatic rings. The molecule has 2 atom stereocenters. The van der Waals surface area contributed by atoms with Gasteiger partial charge in [0, 0.05) is 4.57 Å². The Morgan fingerprint density at radius 3 is 2.24 bits per heavy atom. The molecule has 0 fully saturated rings. The Bertz CT molecular complexity index is 407. The van der Waals surface area contributed by atoms with Crippen LogP contribution < -0.4 is 0 Å². The second-order valence-corrected chi connectivity index (χ2v) is 6.26. The Kier molecular flexibility index (Phi) is 11.4. The summed E-state index contributed by atoms with van der Waals surface area (Å²) in [5.41, 5.74) is 3.77.